The van der Waals surface area contributed by atoms with Crippen molar-refractivity contribution in [1.82, 2.24) is 4.98 Å². The van der Waals surface area contributed by atoms with E-state index in [1.165, 1.54) is 18.7 Å². The van der Waals surface area contributed by atoms with Crippen LogP contribution in [0.5, 0.6) is 5.88 Å². The zero-order valence-electron chi connectivity index (χ0n) is 10.5. The number of nitrogens with zero attached hydrogens (tertiary/aromatic N) is 1. The number of hydrogen-bond donors (Lipinski definition) is 1. The van der Waals surface area contributed by atoms with Crippen molar-refractivity contribution < 1.29 is 18.7 Å². The van der Waals surface area contributed by atoms with E-state index in [9.17, 15) is 4.79 Å². The summed E-state index contributed by atoms with van der Waals surface area (Å²) in [6, 6.07) is 4.98. The van der Waals surface area contributed by atoms with Crippen molar-refractivity contribution in [3.8, 4) is 5.88 Å². The summed E-state index contributed by atoms with van der Waals surface area (Å²) >= 11 is 0. The van der Waals surface area contributed by atoms with E-state index in [1.807, 2.05) is 0 Å². The highest BCUT2D eigenvalue weighted by molar-refractivity contribution is 6.03. The van der Waals surface area contributed by atoms with Crippen molar-refractivity contribution >= 4 is 11.6 Å². The molecule has 0 unspecified atom stereocenters. The SMILES string of the molecule is COCCOc1ccc(NC(=O)c2ccoc2)cn1. The topological polar surface area (TPSA) is 73.6 Å². The summed E-state index contributed by atoms with van der Waals surface area (Å²) in [4.78, 5) is 15.8. The predicted octanol–water partition coefficient (Wildman–Crippen LogP) is 1.95. The van der Waals surface area contributed by atoms with Crippen molar-refractivity contribution in [2.45, 2.75) is 0 Å². The standard InChI is InChI=1S/C13H14N2O4/c1-17-6-7-19-12-3-2-11(8-14-12)15-13(16)10-4-5-18-9-10/h2-5,8-9H,6-7H2,1H3,(H,15,16). The van der Waals surface area contributed by atoms with Crippen LogP contribution in [-0.2, 0) is 4.74 Å². The normalized spacial score (nSPS) is 10.2. The van der Waals surface area contributed by atoms with Crippen molar-refractivity contribution in [1.29, 1.82) is 0 Å². The summed E-state index contributed by atoms with van der Waals surface area (Å²) in [5, 5.41) is 2.70. The van der Waals surface area contributed by atoms with Crippen LogP contribution in [0.3, 0.4) is 0 Å². The van der Waals surface area contributed by atoms with Crippen LogP contribution < -0.4 is 10.1 Å². The summed E-state index contributed by atoms with van der Waals surface area (Å²) in [5.41, 5.74) is 1.05. The second-order valence-electron chi connectivity index (χ2n) is 3.69. The molecule has 1 N–H and O–H groups in total. The molecule has 6 heteroatoms. The molecule has 19 heavy (non-hydrogen) atoms. The van der Waals surface area contributed by atoms with Crippen LogP contribution in [0.25, 0.3) is 0 Å². The molecule has 0 radical (unpaired) electrons. The second-order valence-corrected chi connectivity index (χ2v) is 3.69. The molecule has 0 bridgehead atoms. The maximum atomic E-state index is 11.7. The Labute approximate surface area is 110 Å². The second kappa shape index (κ2) is 6.55. The molecule has 0 spiro atoms. The molecule has 0 aromatic carbocycles. The highest BCUT2D eigenvalue weighted by atomic mass is 16.5. The molecule has 2 aromatic heterocycles. The van der Waals surface area contributed by atoms with Crippen LogP contribution in [0, 0.1) is 0 Å². The number of aromatic nitrogens is 1. The molecule has 0 fully saturated rings. The van der Waals surface area contributed by atoms with Crippen LogP contribution in [0.1, 0.15) is 10.4 Å². The maximum absolute atomic E-state index is 11.7. The minimum absolute atomic E-state index is 0.247. The summed E-state index contributed by atoms with van der Waals surface area (Å²) in [7, 11) is 1.60. The van der Waals surface area contributed by atoms with Gasteiger partial charge < -0.3 is 19.2 Å². The molecule has 100 valence electrons. The summed E-state index contributed by atoms with van der Waals surface area (Å²) in [6.45, 7) is 0.935. The van der Waals surface area contributed by atoms with Gasteiger partial charge >= 0.3 is 0 Å². The molecule has 2 aromatic rings. The first kappa shape index (κ1) is 13.1. The maximum Gasteiger partial charge on any atom is 0.258 e. The van der Waals surface area contributed by atoms with Crippen LogP contribution in [-0.4, -0.2) is 31.2 Å². The Bertz CT molecular complexity index is 508. The van der Waals surface area contributed by atoms with Gasteiger partial charge in [0, 0.05) is 13.2 Å². The number of carbonyl (C=O) groups excluding carboxylic acids is 1. The molecule has 2 heterocycles. The third-order valence-electron chi connectivity index (χ3n) is 2.31. The molecular formula is C13H14N2O4. The minimum Gasteiger partial charge on any atom is -0.475 e. The molecule has 0 aliphatic heterocycles. The van der Waals surface area contributed by atoms with Gasteiger partial charge in [-0.05, 0) is 12.1 Å². The van der Waals surface area contributed by atoms with Crippen molar-refractivity contribution in [3.05, 3.63) is 42.5 Å². The predicted molar refractivity (Wildman–Crippen MR) is 68.3 cm³/mol. The minimum atomic E-state index is -0.247. The fourth-order valence-corrected chi connectivity index (χ4v) is 1.37. The number of anilines is 1. The highest BCUT2D eigenvalue weighted by Crippen LogP contribution is 2.13. The fraction of sp³-hybridized carbons (Fsp3) is 0.231. The number of ether oxygens (including phenoxy) is 2. The van der Waals surface area contributed by atoms with Crippen LogP contribution in [0.2, 0.25) is 0 Å². The first-order valence-corrected chi connectivity index (χ1v) is 5.71. The van der Waals surface area contributed by atoms with Gasteiger partial charge in [0.1, 0.15) is 12.9 Å². The first-order valence-electron chi connectivity index (χ1n) is 5.71. The third-order valence-corrected chi connectivity index (χ3v) is 2.31. The van der Waals surface area contributed by atoms with E-state index in [0.717, 1.165) is 0 Å². The van der Waals surface area contributed by atoms with Gasteiger partial charge in [0.25, 0.3) is 5.91 Å². The zero-order valence-corrected chi connectivity index (χ0v) is 10.5. The van der Waals surface area contributed by atoms with Gasteiger partial charge in [-0.25, -0.2) is 4.98 Å². The van der Waals surface area contributed by atoms with Crippen molar-refractivity contribution in [2.24, 2.45) is 0 Å². The summed E-state index contributed by atoms with van der Waals surface area (Å²) in [6.07, 6.45) is 4.35. The Morgan fingerprint density at radius 2 is 2.26 bits per heavy atom. The quantitative estimate of drug-likeness (QED) is 0.805. The number of amides is 1. The van der Waals surface area contributed by atoms with Crippen LogP contribution in [0.4, 0.5) is 5.69 Å². The lowest BCUT2D eigenvalue weighted by atomic mass is 10.3. The van der Waals surface area contributed by atoms with E-state index >= 15 is 0 Å². The van der Waals surface area contributed by atoms with E-state index in [0.29, 0.717) is 30.3 Å². The molecule has 2 rings (SSSR count). The lowest BCUT2D eigenvalue weighted by Crippen LogP contribution is -2.11. The van der Waals surface area contributed by atoms with E-state index in [-0.39, 0.29) is 5.91 Å². The number of methoxy groups -OCH3 is 1. The number of nitrogens with one attached hydrogen (secondary N) is 1. The lowest BCUT2D eigenvalue weighted by molar-refractivity contribution is 0.102. The Hall–Kier alpha value is -2.34. The Morgan fingerprint density at radius 3 is 2.89 bits per heavy atom. The smallest absolute Gasteiger partial charge is 0.258 e. The molecule has 1 amide bonds. The lowest BCUT2D eigenvalue weighted by Gasteiger charge is -2.06. The molecule has 6 nitrogen and oxygen atoms in total. The monoisotopic (exact) mass is 262 g/mol. The molecule has 0 saturated heterocycles. The summed E-state index contributed by atoms with van der Waals surface area (Å²) < 4.78 is 15.0. The number of furan rings is 1. The van der Waals surface area contributed by atoms with Gasteiger partial charge in [-0.3, -0.25) is 4.79 Å². The zero-order chi connectivity index (χ0) is 13.5. The third kappa shape index (κ3) is 3.82. The highest BCUT2D eigenvalue weighted by Gasteiger charge is 2.07. The van der Waals surface area contributed by atoms with E-state index in [1.54, 1.807) is 25.3 Å². The molecule has 0 aliphatic rings. The van der Waals surface area contributed by atoms with Gasteiger partial charge in [0.15, 0.2) is 0 Å². The van der Waals surface area contributed by atoms with Crippen molar-refractivity contribution in [3.63, 3.8) is 0 Å². The van der Waals surface area contributed by atoms with Gasteiger partial charge in [0.05, 0.1) is 30.3 Å². The molecule has 0 atom stereocenters. The van der Waals surface area contributed by atoms with Crippen LogP contribution >= 0.6 is 0 Å². The number of rotatable bonds is 6. The number of carbonyl (C=O) groups is 1. The van der Waals surface area contributed by atoms with E-state index in [2.05, 4.69) is 10.3 Å². The Kier molecular flexibility index (Phi) is 4.52. The molecule has 0 saturated carbocycles. The number of pyridine rings is 1. The van der Waals surface area contributed by atoms with Gasteiger partial charge in [-0.1, -0.05) is 0 Å². The van der Waals surface area contributed by atoms with Gasteiger partial charge in [0.2, 0.25) is 5.88 Å². The van der Waals surface area contributed by atoms with E-state index < -0.39 is 0 Å². The van der Waals surface area contributed by atoms with Gasteiger partial charge in [-0.2, -0.15) is 0 Å². The molecule has 0 aliphatic carbocycles. The largest absolute Gasteiger partial charge is 0.475 e. The average Bonchev–Trinajstić information content (AvgIpc) is 2.95. The Balaban J connectivity index is 1.90. The van der Waals surface area contributed by atoms with Crippen molar-refractivity contribution in [2.75, 3.05) is 25.6 Å². The average molecular weight is 262 g/mol. The summed E-state index contributed by atoms with van der Waals surface area (Å²) in [5.74, 6) is 0.238. The van der Waals surface area contributed by atoms with E-state index in [4.69, 9.17) is 13.9 Å². The fourth-order valence-electron chi connectivity index (χ4n) is 1.37. The van der Waals surface area contributed by atoms with Gasteiger partial charge in [-0.15, -0.1) is 0 Å². The van der Waals surface area contributed by atoms with Crippen LogP contribution in [0.15, 0.2) is 41.3 Å². The first-order chi connectivity index (χ1) is 9.29. The number of hydrogen-bond acceptors (Lipinski definition) is 5. The Morgan fingerprint density at radius 1 is 1.37 bits per heavy atom. The molecular weight excluding hydrogens is 248 g/mol.